The Kier molecular flexibility index (Phi) is 10.6. The van der Waals surface area contributed by atoms with Gasteiger partial charge in [0.15, 0.2) is 11.5 Å². The van der Waals surface area contributed by atoms with Crippen molar-refractivity contribution in [2.75, 3.05) is 25.1 Å². The fourth-order valence-electron chi connectivity index (χ4n) is 4.72. The van der Waals surface area contributed by atoms with Crippen molar-refractivity contribution in [3.05, 3.63) is 82.9 Å². The van der Waals surface area contributed by atoms with Crippen LogP contribution in [0.25, 0.3) is 0 Å². The summed E-state index contributed by atoms with van der Waals surface area (Å²) in [6.45, 7) is 10.6. The molecule has 0 saturated heterocycles. The van der Waals surface area contributed by atoms with Gasteiger partial charge in [-0.1, -0.05) is 35.9 Å². The number of methoxy groups -OCH3 is 2. The third kappa shape index (κ3) is 7.82. The number of ether oxygens (including phenoxy) is 2. The third-order valence-electron chi connectivity index (χ3n) is 6.75. The van der Waals surface area contributed by atoms with Crippen LogP contribution in [0.1, 0.15) is 43.0 Å². The maximum absolute atomic E-state index is 14.2. The number of benzene rings is 3. The fourth-order valence-corrected chi connectivity index (χ4v) is 6.14. The summed E-state index contributed by atoms with van der Waals surface area (Å²) in [6.07, 6.45) is 0. The van der Waals surface area contributed by atoms with Gasteiger partial charge in [-0.05, 0) is 82.5 Å². The van der Waals surface area contributed by atoms with Crippen molar-refractivity contribution >= 4 is 27.5 Å². The molecule has 0 bridgehead atoms. The van der Waals surface area contributed by atoms with Gasteiger partial charge < -0.3 is 19.7 Å². The van der Waals surface area contributed by atoms with Crippen LogP contribution >= 0.6 is 0 Å². The van der Waals surface area contributed by atoms with Gasteiger partial charge in [0.25, 0.3) is 10.0 Å². The van der Waals surface area contributed by atoms with E-state index in [9.17, 15) is 18.0 Å². The van der Waals surface area contributed by atoms with E-state index in [1.54, 1.807) is 19.1 Å². The molecule has 3 aromatic carbocycles. The second-order valence-electron chi connectivity index (χ2n) is 10.7. The lowest BCUT2D eigenvalue weighted by atomic mass is 10.1. The van der Waals surface area contributed by atoms with E-state index in [4.69, 9.17) is 9.47 Å². The molecule has 0 radical (unpaired) electrons. The van der Waals surface area contributed by atoms with E-state index in [0.717, 1.165) is 26.6 Å². The third-order valence-corrected chi connectivity index (χ3v) is 8.52. The van der Waals surface area contributed by atoms with E-state index in [2.05, 4.69) is 5.32 Å². The molecule has 0 fully saturated rings. The number of hydrogen-bond acceptors (Lipinski definition) is 6. The maximum Gasteiger partial charge on any atom is 0.264 e. The standard InChI is InChI=1S/C32H41N3O6S/c1-21(2)33-32(37)25(6)34(19-26-11-9-10-22(3)15-26)31(36)20-35(27-16-23(4)14-24(5)17-27)42(38,39)28-12-13-29(40-7)30(18-28)41-8/h9-18,21,25H,19-20H2,1-8H3,(H,33,37)/t25-/m1/s1. The molecule has 226 valence electrons. The first-order chi connectivity index (χ1) is 19.8. The normalized spacial score (nSPS) is 12.0. The summed E-state index contributed by atoms with van der Waals surface area (Å²) < 4.78 is 40.2. The maximum atomic E-state index is 14.2. The number of rotatable bonds is 12. The Hall–Kier alpha value is -4.05. The summed E-state index contributed by atoms with van der Waals surface area (Å²) in [4.78, 5) is 28.6. The molecule has 0 aliphatic rings. The van der Waals surface area contributed by atoms with Crippen LogP contribution in [-0.2, 0) is 26.2 Å². The number of amides is 2. The van der Waals surface area contributed by atoms with Crippen molar-refractivity contribution in [2.45, 2.75) is 65.1 Å². The number of aryl methyl sites for hydroxylation is 3. The molecule has 10 heteroatoms. The number of nitrogens with zero attached hydrogens (tertiary/aromatic N) is 2. The Morgan fingerprint density at radius 2 is 1.48 bits per heavy atom. The summed E-state index contributed by atoms with van der Waals surface area (Å²) in [5.74, 6) is -0.233. The summed E-state index contributed by atoms with van der Waals surface area (Å²) in [5.41, 5.74) is 3.85. The van der Waals surface area contributed by atoms with E-state index in [1.807, 2.05) is 65.0 Å². The molecule has 0 spiro atoms. The van der Waals surface area contributed by atoms with E-state index >= 15 is 0 Å². The number of carbonyl (C=O) groups is 2. The molecular formula is C32H41N3O6S. The van der Waals surface area contributed by atoms with Gasteiger partial charge in [0.2, 0.25) is 11.8 Å². The van der Waals surface area contributed by atoms with Gasteiger partial charge in [-0.2, -0.15) is 0 Å². The van der Waals surface area contributed by atoms with E-state index in [1.165, 1.54) is 37.3 Å². The van der Waals surface area contributed by atoms with Crippen LogP contribution in [0.4, 0.5) is 5.69 Å². The van der Waals surface area contributed by atoms with Gasteiger partial charge in [0, 0.05) is 18.7 Å². The molecule has 2 amide bonds. The Bertz CT molecular complexity index is 1520. The lowest BCUT2D eigenvalue weighted by Gasteiger charge is -2.32. The predicted octanol–water partition coefficient (Wildman–Crippen LogP) is 4.77. The van der Waals surface area contributed by atoms with E-state index in [0.29, 0.717) is 11.4 Å². The molecule has 3 aromatic rings. The minimum absolute atomic E-state index is 0.0667. The Morgan fingerprint density at radius 3 is 2.05 bits per heavy atom. The van der Waals surface area contributed by atoms with Crippen molar-refractivity contribution in [1.82, 2.24) is 10.2 Å². The molecule has 3 rings (SSSR count). The molecule has 0 aliphatic carbocycles. The monoisotopic (exact) mass is 595 g/mol. The van der Waals surface area contributed by atoms with Crippen LogP contribution < -0.4 is 19.1 Å². The Balaban J connectivity index is 2.11. The van der Waals surface area contributed by atoms with Gasteiger partial charge in [-0.3, -0.25) is 13.9 Å². The molecule has 1 N–H and O–H groups in total. The molecule has 0 aliphatic heterocycles. The van der Waals surface area contributed by atoms with Gasteiger partial charge in [0.05, 0.1) is 24.8 Å². The second kappa shape index (κ2) is 13.7. The van der Waals surface area contributed by atoms with Crippen molar-refractivity contribution in [1.29, 1.82) is 0 Å². The van der Waals surface area contributed by atoms with E-state index in [-0.39, 0.29) is 29.1 Å². The highest BCUT2D eigenvalue weighted by Gasteiger charge is 2.33. The van der Waals surface area contributed by atoms with E-state index < -0.39 is 28.5 Å². The lowest BCUT2D eigenvalue weighted by molar-refractivity contribution is -0.139. The summed E-state index contributed by atoms with van der Waals surface area (Å²) >= 11 is 0. The number of anilines is 1. The van der Waals surface area contributed by atoms with Crippen molar-refractivity contribution in [3.63, 3.8) is 0 Å². The molecule has 1 atom stereocenters. The van der Waals surface area contributed by atoms with Gasteiger partial charge in [-0.15, -0.1) is 0 Å². The molecule has 9 nitrogen and oxygen atoms in total. The zero-order valence-electron chi connectivity index (χ0n) is 25.6. The molecule has 0 aromatic heterocycles. The first-order valence-electron chi connectivity index (χ1n) is 13.7. The Morgan fingerprint density at radius 1 is 0.833 bits per heavy atom. The molecule has 0 unspecified atom stereocenters. The zero-order valence-corrected chi connectivity index (χ0v) is 26.4. The van der Waals surface area contributed by atoms with Crippen LogP contribution in [0.3, 0.4) is 0 Å². The molecule has 0 heterocycles. The van der Waals surface area contributed by atoms with Gasteiger partial charge >= 0.3 is 0 Å². The average molecular weight is 596 g/mol. The molecular weight excluding hydrogens is 554 g/mol. The van der Waals surface area contributed by atoms with Crippen molar-refractivity contribution < 1.29 is 27.5 Å². The van der Waals surface area contributed by atoms with Crippen molar-refractivity contribution in [2.24, 2.45) is 0 Å². The molecule has 0 saturated carbocycles. The largest absolute Gasteiger partial charge is 0.493 e. The highest BCUT2D eigenvalue weighted by atomic mass is 32.2. The zero-order chi connectivity index (χ0) is 31.2. The summed E-state index contributed by atoms with van der Waals surface area (Å²) in [6, 6.07) is 16.3. The smallest absolute Gasteiger partial charge is 0.264 e. The number of nitrogens with one attached hydrogen (secondary N) is 1. The first kappa shape index (κ1) is 32.5. The van der Waals surface area contributed by atoms with Gasteiger partial charge in [0.1, 0.15) is 12.6 Å². The second-order valence-corrected chi connectivity index (χ2v) is 12.6. The number of sulfonamides is 1. The Labute approximate surface area is 249 Å². The average Bonchev–Trinajstić information content (AvgIpc) is 2.92. The predicted molar refractivity (Wildman–Crippen MR) is 164 cm³/mol. The first-order valence-corrected chi connectivity index (χ1v) is 15.2. The van der Waals surface area contributed by atoms with Crippen LogP contribution in [-0.4, -0.2) is 58.0 Å². The minimum Gasteiger partial charge on any atom is -0.493 e. The number of carbonyl (C=O) groups excluding carboxylic acids is 2. The SMILES string of the molecule is COc1ccc(S(=O)(=O)N(CC(=O)N(Cc2cccc(C)c2)[C@H](C)C(=O)NC(C)C)c2cc(C)cc(C)c2)cc1OC. The topological polar surface area (TPSA) is 105 Å². The highest BCUT2D eigenvalue weighted by molar-refractivity contribution is 7.92. The number of hydrogen-bond donors (Lipinski definition) is 1. The summed E-state index contributed by atoms with van der Waals surface area (Å²) in [5, 5.41) is 2.86. The summed E-state index contributed by atoms with van der Waals surface area (Å²) in [7, 11) is -1.38. The van der Waals surface area contributed by atoms with Crippen LogP contribution in [0.2, 0.25) is 0 Å². The quantitative estimate of drug-likeness (QED) is 0.324. The van der Waals surface area contributed by atoms with Crippen LogP contribution in [0.5, 0.6) is 11.5 Å². The van der Waals surface area contributed by atoms with Crippen LogP contribution in [0, 0.1) is 20.8 Å². The van der Waals surface area contributed by atoms with Crippen molar-refractivity contribution in [3.8, 4) is 11.5 Å². The van der Waals surface area contributed by atoms with Crippen LogP contribution in [0.15, 0.2) is 65.6 Å². The molecule has 42 heavy (non-hydrogen) atoms. The highest BCUT2D eigenvalue weighted by Crippen LogP contribution is 2.33. The fraction of sp³-hybridized carbons (Fsp3) is 0.375. The lowest BCUT2D eigenvalue weighted by Crippen LogP contribution is -2.52. The van der Waals surface area contributed by atoms with Gasteiger partial charge in [-0.25, -0.2) is 8.42 Å². The minimum atomic E-state index is -4.27.